The summed E-state index contributed by atoms with van der Waals surface area (Å²) in [6.45, 7) is 1.85. The number of para-hydroxylation sites is 1. The number of hydrogen-bond acceptors (Lipinski definition) is 6. The summed E-state index contributed by atoms with van der Waals surface area (Å²) in [5.41, 5.74) is 1.23. The normalized spacial score (nSPS) is 20.7. The SMILES string of the molecule is C.CC(Cc1c[nH]c2ccccc12)(C(=O)NCC(NC(=O)CCc1nn[nH]n1)c1ccccc1)N(C(=O)O)C1CCC2CCCC1C2. The first-order valence-electron chi connectivity index (χ1n) is 16.2. The molecule has 2 bridgehead atoms. The number of aromatic amines is 2. The third-order valence-corrected chi connectivity index (χ3v) is 9.98. The van der Waals surface area contributed by atoms with Crippen LogP contribution in [0.25, 0.3) is 10.9 Å². The number of carbonyl (C=O) groups excluding carboxylic acids is 2. The monoisotopic (exact) mass is 642 g/mol. The van der Waals surface area contributed by atoms with E-state index in [2.05, 4.69) is 36.2 Å². The Labute approximate surface area is 275 Å². The van der Waals surface area contributed by atoms with E-state index in [0.29, 0.717) is 18.2 Å². The molecule has 2 aromatic heterocycles. The van der Waals surface area contributed by atoms with Gasteiger partial charge in [0.05, 0.1) is 6.04 Å². The molecule has 250 valence electrons. The number of aryl methyl sites for hydroxylation is 1. The number of H-pyrrole nitrogens is 2. The van der Waals surface area contributed by atoms with Crippen LogP contribution in [0.4, 0.5) is 4.79 Å². The second-order valence-corrected chi connectivity index (χ2v) is 13.0. The van der Waals surface area contributed by atoms with E-state index in [1.165, 1.54) is 11.3 Å². The Morgan fingerprint density at radius 1 is 1.06 bits per heavy atom. The number of benzene rings is 2. The van der Waals surface area contributed by atoms with Gasteiger partial charge in [-0.25, -0.2) is 4.79 Å². The fraction of sp³-hybridized carbons (Fsp3) is 0.486. The maximum Gasteiger partial charge on any atom is 0.408 e. The number of hydrogen-bond donors (Lipinski definition) is 5. The highest BCUT2D eigenvalue weighted by Gasteiger charge is 2.50. The van der Waals surface area contributed by atoms with Crippen molar-refractivity contribution in [1.82, 2.24) is 41.1 Å². The number of fused-ring (bicyclic) bond motifs is 3. The van der Waals surface area contributed by atoms with Crippen molar-refractivity contribution in [3.05, 3.63) is 77.7 Å². The second kappa shape index (κ2) is 14.8. The van der Waals surface area contributed by atoms with Crippen LogP contribution >= 0.6 is 0 Å². The van der Waals surface area contributed by atoms with Crippen LogP contribution in [0.3, 0.4) is 0 Å². The molecule has 2 heterocycles. The quantitative estimate of drug-likeness (QED) is 0.142. The van der Waals surface area contributed by atoms with Crippen molar-refractivity contribution >= 4 is 28.8 Å². The predicted octanol–water partition coefficient (Wildman–Crippen LogP) is 5.17. The molecule has 2 aliphatic rings. The summed E-state index contributed by atoms with van der Waals surface area (Å²) in [6, 6.07) is 16.5. The average Bonchev–Trinajstić information content (AvgIpc) is 3.74. The number of carbonyl (C=O) groups is 3. The van der Waals surface area contributed by atoms with Crippen molar-refractivity contribution in [2.45, 2.75) is 89.8 Å². The van der Waals surface area contributed by atoms with Crippen LogP contribution in [0, 0.1) is 11.8 Å². The lowest BCUT2D eigenvalue weighted by Gasteiger charge is -2.50. The standard InChI is InChI=1S/C34H42N8O4.CH4/c1-34(19-25-20-35-27-13-6-5-12-26(25)27,42(33(45)46)29-15-14-22-8-7-11-24(29)18-22)32(44)36-21-28(23-9-3-2-4-10-23)37-31(43)17-16-30-38-40-41-39-30;/h2-6,9-10,12-13,20,22,24,28-29,35H,7-8,11,14-19,21H2,1H3,(H,36,44)(H,37,43)(H,45,46)(H,38,39,40,41);1H4. The number of nitrogens with one attached hydrogen (secondary N) is 4. The molecule has 4 aromatic rings. The van der Waals surface area contributed by atoms with E-state index >= 15 is 0 Å². The highest BCUT2D eigenvalue weighted by atomic mass is 16.4. The van der Waals surface area contributed by atoms with Gasteiger partial charge in [-0.2, -0.15) is 5.21 Å². The van der Waals surface area contributed by atoms with Crippen LogP contribution in [0.1, 0.15) is 82.3 Å². The van der Waals surface area contributed by atoms with Gasteiger partial charge in [0.2, 0.25) is 11.8 Å². The van der Waals surface area contributed by atoms with Gasteiger partial charge in [-0.05, 0) is 61.6 Å². The number of aromatic nitrogens is 5. The lowest BCUT2D eigenvalue weighted by molar-refractivity contribution is -0.135. The van der Waals surface area contributed by atoms with Gasteiger partial charge in [-0.3, -0.25) is 14.5 Å². The van der Waals surface area contributed by atoms with Gasteiger partial charge in [-0.15, -0.1) is 10.2 Å². The molecule has 0 radical (unpaired) electrons. The molecule has 2 aliphatic carbocycles. The molecule has 5 N–H and O–H groups in total. The Balaban J connectivity index is 0.00000433. The molecule has 12 heteroatoms. The van der Waals surface area contributed by atoms with E-state index in [1.54, 1.807) is 6.92 Å². The first kappa shape index (κ1) is 33.6. The van der Waals surface area contributed by atoms with Crippen molar-refractivity contribution < 1.29 is 19.5 Å². The molecule has 6 rings (SSSR count). The summed E-state index contributed by atoms with van der Waals surface area (Å²) in [7, 11) is 0. The number of tetrazole rings is 1. The zero-order chi connectivity index (χ0) is 32.1. The lowest BCUT2D eigenvalue weighted by Crippen LogP contribution is -2.65. The van der Waals surface area contributed by atoms with E-state index in [-0.39, 0.29) is 50.6 Å². The van der Waals surface area contributed by atoms with Gasteiger partial charge < -0.3 is 20.7 Å². The molecule has 2 aromatic carbocycles. The summed E-state index contributed by atoms with van der Waals surface area (Å²) in [5.74, 6) is 0.688. The minimum Gasteiger partial charge on any atom is -0.465 e. The molecule has 0 aliphatic heterocycles. The van der Waals surface area contributed by atoms with E-state index in [0.717, 1.165) is 54.1 Å². The maximum atomic E-state index is 14.5. The largest absolute Gasteiger partial charge is 0.465 e. The molecule has 47 heavy (non-hydrogen) atoms. The van der Waals surface area contributed by atoms with Gasteiger partial charge in [0.25, 0.3) is 0 Å². The first-order valence-corrected chi connectivity index (χ1v) is 16.2. The Kier molecular flexibility index (Phi) is 10.6. The number of carboxylic acid groups (broad SMARTS) is 1. The zero-order valence-corrected chi connectivity index (χ0v) is 26.1. The Hall–Kier alpha value is -4.74. The number of amides is 3. The van der Waals surface area contributed by atoms with Crippen molar-refractivity contribution in [3.8, 4) is 0 Å². The molecule has 5 atom stereocenters. The van der Waals surface area contributed by atoms with Gasteiger partial charge in [0, 0.05) is 48.9 Å². The summed E-state index contributed by atoms with van der Waals surface area (Å²) >= 11 is 0. The highest BCUT2D eigenvalue weighted by molar-refractivity contribution is 5.91. The average molecular weight is 643 g/mol. The minimum atomic E-state index is -1.41. The maximum absolute atomic E-state index is 14.5. The third kappa shape index (κ3) is 7.47. The van der Waals surface area contributed by atoms with Crippen LogP contribution < -0.4 is 10.6 Å². The Morgan fingerprint density at radius 3 is 2.62 bits per heavy atom. The summed E-state index contributed by atoms with van der Waals surface area (Å²) in [5, 5.41) is 31.7. The second-order valence-electron chi connectivity index (χ2n) is 13.0. The van der Waals surface area contributed by atoms with Crippen LogP contribution in [-0.2, 0) is 22.4 Å². The Morgan fingerprint density at radius 2 is 1.85 bits per heavy atom. The van der Waals surface area contributed by atoms with Crippen LogP contribution in [0.2, 0.25) is 0 Å². The van der Waals surface area contributed by atoms with Crippen molar-refractivity contribution in [1.29, 1.82) is 0 Å². The molecule has 0 spiro atoms. The topological polar surface area (TPSA) is 169 Å². The van der Waals surface area contributed by atoms with Gasteiger partial charge in [0.1, 0.15) is 5.54 Å². The van der Waals surface area contributed by atoms with Gasteiger partial charge >= 0.3 is 6.09 Å². The molecular formula is C35H46N8O4. The summed E-state index contributed by atoms with van der Waals surface area (Å²) in [4.78, 5) is 45.5. The third-order valence-electron chi connectivity index (χ3n) is 9.98. The Bertz CT molecular complexity index is 1640. The molecule has 3 amide bonds. The van der Waals surface area contributed by atoms with Gasteiger partial charge in [0.15, 0.2) is 5.82 Å². The smallest absolute Gasteiger partial charge is 0.408 e. The van der Waals surface area contributed by atoms with E-state index in [4.69, 9.17) is 0 Å². The van der Waals surface area contributed by atoms with Crippen molar-refractivity contribution in [2.75, 3.05) is 6.54 Å². The highest BCUT2D eigenvalue weighted by Crippen LogP contribution is 2.44. The molecule has 12 nitrogen and oxygen atoms in total. The number of nitrogens with zero attached hydrogens (tertiary/aromatic N) is 4. The van der Waals surface area contributed by atoms with Crippen molar-refractivity contribution in [3.63, 3.8) is 0 Å². The fourth-order valence-corrected chi connectivity index (χ4v) is 7.67. The molecule has 2 saturated carbocycles. The summed E-state index contributed by atoms with van der Waals surface area (Å²) < 4.78 is 0. The predicted molar refractivity (Wildman–Crippen MR) is 178 cm³/mol. The summed E-state index contributed by atoms with van der Waals surface area (Å²) in [6.07, 6.45) is 7.46. The van der Waals surface area contributed by atoms with E-state index in [9.17, 15) is 19.5 Å². The molecule has 0 saturated heterocycles. The zero-order valence-electron chi connectivity index (χ0n) is 26.1. The fourth-order valence-electron chi connectivity index (χ4n) is 7.67. The van der Waals surface area contributed by atoms with E-state index < -0.39 is 17.7 Å². The van der Waals surface area contributed by atoms with E-state index in [1.807, 2.05) is 60.8 Å². The van der Waals surface area contributed by atoms with Crippen molar-refractivity contribution in [2.24, 2.45) is 11.8 Å². The minimum absolute atomic E-state index is 0. The lowest BCUT2D eigenvalue weighted by atomic mass is 9.68. The van der Waals surface area contributed by atoms with Crippen LogP contribution in [-0.4, -0.2) is 71.6 Å². The van der Waals surface area contributed by atoms with Crippen LogP contribution in [0.15, 0.2) is 60.8 Å². The van der Waals surface area contributed by atoms with Gasteiger partial charge in [-0.1, -0.05) is 74.0 Å². The molecular weight excluding hydrogens is 596 g/mol. The number of rotatable bonds is 12. The molecule has 5 unspecified atom stereocenters. The first-order chi connectivity index (χ1) is 22.3. The van der Waals surface area contributed by atoms with Crippen LogP contribution in [0.5, 0.6) is 0 Å². The molecule has 2 fully saturated rings.